The predicted octanol–water partition coefficient (Wildman–Crippen LogP) is 2.07. The van der Waals surface area contributed by atoms with Gasteiger partial charge in [-0.3, -0.25) is 9.69 Å². The molecule has 21 heavy (non-hydrogen) atoms. The van der Waals surface area contributed by atoms with Gasteiger partial charge in [-0.1, -0.05) is 30.0 Å². The van der Waals surface area contributed by atoms with Gasteiger partial charge in [-0.15, -0.1) is 0 Å². The fourth-order valence-corrected chi connectivity index (χ4v) is 4.29. The SMILES string of the molecule is O=C1OCC[C@@]12[C@@H]1CCCN1C[C@@H]2C#Cc1ccccc1. The molecule has 3 heterocycles. The van der Waals surface area contributed by atoms with Gasteiger partial charge < -0.3 is 4.74 Å². The van der Waals surface area contributed by atoms with Gasteiger partial charge in [0.05, 0.1) is 12.5 Å². The number of carbonyl (C=O) groups excluding carboxylic acids is 1. The summed E-state index contributed by atoms with van der Waals surface area (Å²) in [5, 5.41) is 0. The minimum Gasteiger partial charge on any atom is -0.465 e. The van der Waals surface area contributed by atoms with Gasteiger partial charge in [0.15, 0.2) is 0 Å². The van der Waals surface area contributed by atoms with Crippen molar-refractivity contribution in [3.05, 3.63) is 35.9 Å². The molecule has 3 aliphatic heterocycles. The summed E-state index contributed by atoms with van der Waals surface area (Å²) in [6, 6.07) is 10.4. The molecule has 3 atom stereocenters. The van der Waals surface area contributed by atoms with E-state index in [4.69, 9.17) is 4.74 Å². The van der Waals surface area contributed by atoms with Crippen LogP contribution in [0, 0.1) is 23.2 Å². The van der Waals surface area contributed by atoms with Crippen LogP contribution in [-0.2, 0) is 9.53 Å². The largest absolute Gasteiger partial charge is 0.465 e. The molecule has 0 radical (unpaired) electrons. The van der Waals surface area contributed by atoms with Gasteiger partial charge in [-0.25, -0.2) is 0 Å². The molecule has 0 amide bonds. The Bertz CT molecular complexity index is 615. The minimum absolute atomic E-state index is 0.00994. The molecule has 1 spiro atoms. The van der Waals surface area contributed by atoms with Gasteiger partial charge in [-0.2, -0.15) is 0 Å². The van der Waals surface area contributed by atoms with Crippen molar-refractivity contribution in [3.63, 3.8) is 0 Å². The quantitative estimate of drug-likeness (QED) is 0.538. The second-order valence-corrected chi connectivity index (χ2v) is 6.27. The Morgan fingerprint density at radius 2 is 2.14 bits per heavy atom. The third kappa shape index (κ3) is 1.90. The van der Waals surface area contributed by atoms with Crippen LogP contribution in [0.3, 0.4) is 0 Å². The molecule has 0 unspecified atom stereocenters. The van der Waals surface area contributed by atoms with E-state index in [-0.39, 0.29) is 17.3 Å². The Kier molecular flexibility index (Phi) is 3.01. The molecular formula is C18H19NO2. The standard InChI is InChI=1S/C18H19NO2/c20-17-18(10-12-21-17)15(13-19-11-4-7-16(18)19)9-8-14-5-2-1-3-6-14/h1-3,5-6,15-16H,4,7,10-13H2/t15-,16-,18+/m0/s1. The van der Waals surface area contributed by atoms with Crippen molar-refractivity contribution in [2.24, 2.45) is 11.3 Å². The van der Waals surface area contributed by atoms with Gasteiger partial charge in [0.2, 0.25) is 0 Å². The molecule has 3 fully saturated rings. The van der Waals surface area contributed by atoms with Crippen LogP contribution in [0.5, 0.6) is 0 Å². The van der Waals surface area contributed by atoms with Crippen LogP contribution in [0.25, 0.3) is 0 Å². The van der Waals surface area contributed by atoms with E-state index in [0.29, 0.717) is 12.6 Å². The molecule has 3 saturated heterocycles. The number of ether oxygens (including phenoxy) is 1. The molecule has 0 N–H and O–H groups in total. The van der Waals surface area contributed by atoms with Crippen LogP contribution in [0.1, 0.15) is 24.8 Å². The van der Waals surface area contributed by atoms with E-state index in [1.165, 1.54) is 6.42 Å². The lowest BCUT2D eigenvalue weighted by molar-refractivity contribution is -0.148. The molecule has 1 aromatic carbocycles. The Labute approximate surface area is 125 Å². The van der Waals surface area contributed by atoms with Crippen molar-refractivity contribution >= 4 is 5.97 Å². The fraction of sp³-hybridized carbons (Fsp3) is 0.500. The molecule has 0 aromatic heterocycles. The number of hydrogen-bond acceptors (Lipinski definition) is 3. The van der Waals surface area contributed by atoms with E-state index in [1.54, 1.807) is 0 Å². The number of nitrogens with zero attached hydrogens (tertiary/aromatic N) is 1. The van der Waals surface area contributed by atoms with Crippen LogP contribution in [-0.4, -0.2) is 36.6 Å². The van der Waals surface area contributed by atoms with Crippen LogP contribution < -0.4 is 0 Å². The number of fused-ring (bicyclic) bond motifs is 2. The Hall–Kier alpha value is -1.79. The normalized spacial score (nSPS) is 34.6. The molecule has 3 nitrogen and oxygen atoms in total. The minimum atomic E-state index is -0.363. The average molecular weight is 281 g/mol. The Morgan fingerprint density at radius 3 is 2.90 bits per heavy atom. The van der Waals surface area contributed by atoms with Crippen molar-refractivity contribution in [2.45, 2.75) is 25.3 Å². The Morgan fingerprint density at radius 1 is 1.29 bits per heavy atom. The summed E-state index contributed by atoms with van der Waals surface area (Å²) in [5.41, 5.74) is 0.657. The summed E-state index contributed by atoms with van der Waals surface area (Å²) in [5.74, 6) is 6.76. The van der Waals surface area contributed by atoms with Gasteiger partial charge >= 0.3 is 5.97 Å². The highest BCUT2D eigenvalue weighted by molar-refractivity contribution is 5.81. The zero-order chi connectivity index (χ0) is 14.3. The van der Waals surface area contributed by atoms with Crippen molar-refractivity contribution in [2.75, 3.05) is 19.7 Å². The van der Waals surface area contributed by atoms with Crippen LogP contribution >= 0.6 is 0 Å². The highest BCUT2D eigenvalue weighted by Crippen LogP contribution is 2.51. The number of esters is 1. The van der Waals surface area contributed by atoms with Crippen molar-refractivity contribution in [1.82, 2.24) is 4.90 Å². The molecule has 3 aliphatic rings. The second-order valence-electron chi connectivity index (χ2n) is 6.27. The lowest BCUT2D eigenvalue weighted by atomic mass is 9.71. The summed E-state index contributed by atoms with van der Waals surface area (Å²) >= 11 is 0. The Balaban J connectivity index is 1.68. The van der Waals surface area contributed by atoms with E-state index in [2.05, 4.69) is 16.7 Å². The number of carbonyl (C=O) groups is 1. The summed E-state index contributed by atoms with van der Waals surface area (Å²) in [6.07, 6.45) is 3.14. The van der Waals surface area contributed by atoms with Crippen LogP contribution in [0.15, 0.2) is 30.3 Å². The topological polar surface area (TPSA) is 29.5 Å². The van der Waals surface area contributed by atoms with E-state index in [1.807, 2.05) is 30.3 Å². The molecule has 1 aromatic rings. The highest BCUT2D eigenvalue weighted by Gasteiger charge is 2.62. The monoisotopic (exact) mass is 281 g/mol. The van der Waals surface area contributed by atoms with Crippen molar-refractivity contribution < 1.29 is 9.53 Å². The van der Waals surface area contributed by atoms with Gasteiger partial charge in [0.1, 0.15) is 5.41 Å². The number of rotatable bonds is 0. The highest BCUT2D eigenvalue weighted by atomic mass is 16.5. The van der Waals surface area contributed by atoms with Crippen LogP contribution in [0.2, 0.25) is 0 Å². The predicted molar refractivity (Wildman–Crippen MR) is 79.4 cm³/mol. The van der Waals surface area contributed by atoms with E-state index in [0.717, 1.165) is 31.5 Å². The maximum Gasteiger partial charge on any atom is 0.315 e. The van der Waals surface area contributed by atoms with E-state index >= 15 is 0 Å². The second kappa shape index (κ2) is 4.89. The average Bonchev–Trinajstić information content (AvgIpc) is 3.17. The number of hydrogen-bond donors (Lipinski definition) is 0. The molecule has 108 valence electrons. The smallest absolute Gasteiger partial charge is 0.315 e. The third-order valence-electron chi connectivity index (χ3n) is 5.29. The number of cyclic esters (lactones) is 1. The maximum absolute atomic E-state index is 12.4. The summed E-state index contributed by atoms with van der Waals surface area (Å²) in [4.78, 5) is 14.9. The number of benzene rings is 1. The first-order valence-corrected chi connectivity index (χ1v) is 7.78. The third-order valence-corrected chi connectivity index (χ3v) is 5.29. The first kappa shape index (κ1) is 12.9. The summed E-state index contributed by atoms with van der Waals surface area (Å²) in [7, 11) is 0. The molecule has 0 saturated carbocycles. The molecule has 4 rings (SSSR count). The molecule has 3 heteroatoms. The lowest BCUT2D eigenvalue weighted by Gasteiger charge is -2.28. The zero-order valence-corrected chi connectivity index (χ0v) is 12.0. The van der Waals surface area contributed by atoms with Gasteiger partial charge in [-0.05, 0) is 31.5 Å². The van der Waals surface area contributed by atoms with E-state index in [9.17, 15) is 4.79 Å². The maximum atomic E-state index is 12.4. The molecular weight excluding hydrogens is 262 g/mol. The fourth-order valence-electron chi connectivity index (χ4n) is 4.29. The van der Waals surface area contributed by atoms with Crippen molar-refractivity contribution in [1.29, 1.82) is 0 Å². The van der Waals surface area contributed by atoms with Crippen molar-refractivity contribution in [3.8, 4) is 11.8 Å². The first-order valence-electron chi connectivity index (χ1n) is 7.78. The van der Waals surface area contributed by atoms with Crippen LogP contribution in [0.4, 0.5) is 0 Å². The molecule has 0 bridgehead atoms. The van der Waals surface area contributed by atoms with Gasteiger partial charge in [0.25, 0.3) is 0 Å². The zero-order valence-electron chi connectivity index (χ0n) is 12.0. The van der Waals surface area contributed by atoms with E-state index < -0.39 is 0 Å². The first-order chi connectivity index (χ1) is 10.3. The molecule has 0 aliphatic carbocycles. The summed E-state index contributed by atoms with van der Waals surface area (Å²) in [6.45, 7) is 2.58. The van der Waals surface area contributed by atoms with Gasteiger partial charge in [0, 0.05) is 24.6 Å². The summed E-state index contributed by atoms with van der Waals surface area (Å²) < 4.78 is 5.35. The lowest BCUT2D eigenvalue weighted by Crippen LogP contribution is -2.41.